The fourth-order valence-electron chi connectivity index (χ4n) is 2.22. The standard InChI is InChI=1S/C5H9NO.C4H9NO2S.C4H9NOS/c1-6-4-2-3-5(6)7;1-5-3-2-4-8(5,6)7;1-5-3-2-4-7(5)6/h2-4H2,1H3;2-4H2,1H3;2-4H2,1H3. The summed E-state index contributed by atoms with van der Waals surface area (Å²) in [6.45, 7) is 2.66. The lowest BCUT2D eigenvalue weighted by molar-refractivity contribution is -0.126. The first-order valence-corrected chi connectivity index (χ1v) is 10.4. The van der Waals surface area contributed by atoms with Gasteiger partial charge in [0.1, 0.15) is 0 Å². The predicted octanol–water partition coefficient (Wildman–Crippen LogP) is -0.124. The van der Waals surface area contributed by atoms with Gasteiger partial charge >= 0.3 is 0 Å². The zero-order chi connectivity index (χ0) is 16.8. The van der Waals surface area contributed by atoms with E-state index in [1.165, 1.54) is 4.31 Å². The van der Waals surface area contributed by atoms with Crippen molar-refractivity contribution in [1.29, 1.82) is 0 Å². The van der Waals surface area contributed by atoms with Gasteiger partial charge in [0, 0.05) is 45.9 Å². The van der Waals surface area contributed by atoms with E-state index in [1.54, 1.807) is 11.9 Å². The Kier molecular flexibility index (Phi) is 7.95. The molecular weight excluding hydrogens is 326 g/mol. The van der Waals surface area contributed by atoms with Crippen LogP contribution in [0, 0.1) is 0 Å². The van der Waals surface area contributed by atoms with Crippen molar-refractivity contribution in [3.8, 4) is 0 Å². The Bertz CT molecular complexity index is 472. The maximum atomic E-state index is 10.7. The van der Waals surface area contributed by atoms with E-state index in [9.17, 15) is 17.4 Å². The lowest BCUT2D eigenvalue weighted by Crippen LogP contribution is -2.19. The summed E-state index contributed by atoms with van der Waals surface area (Å²) < 4.78 is 35.3. The van der Waals surface area contributed by atoms with Gasteiger partial charge in [-0.05, 0) is 26.3 Å². The third-order valence-electron chi connectivity index (χ3n) is 3.80. The molecule has 0 aliphatic carbocycles. The molecule has 9 heteroatoms. The molecule has 3 fully saturated rings. The van der Waals surface area contributed by atoms with Crippen LogP contribution in [0.5, 0.6) is 0 Å². The largest absolute Gasteiger partial charge is 0.346 e. The number of rotatable bonds is 0. The molecule has 1 unspecified atom stereocenters. The number of hydrogen-bond acceptors (Lipinski definition) is 4. The fraction of sp³-hybridized carbons (Fsp3) is 0.923. The molecule has 0 aromatic heterocycles. The molecule has 3 aliphatic heterocycles. The second-order valence-electron chi connectivity index (χ2n) is 5.64. The predicted molar refractivity (Wildman–Crippen MR) is 88.2 cm³/mol. The maximum Gasteiger partial charge on any atom is 0.222 e. The van der Waals surface area contributed by atoms with Gasteiger partial charge in [-0.15, -0.1) is 0 Å². The van der Waals surface area contributed by atoms with Crippen molar-refractivity contribution in [2.75, 3.05) is 52.3 Å². The Labute approximate surface area is 136 Å². The van der Waals surface area contributed by atoms with Crippen molar-refractivity contribution < 1.29 is 17.4 Å². The molecule has 0 bridgehead atoms. The Morgan fingerprint density at radius 3 is 1.82 bits per heavy atom. The minimum Gasteiger partial charge on any atom is -0.346 e. The molecule has 7 nitrogen and oxygen atoms in total. The van der Waals surface area contributed by atoms with Gasteiger partial charge in [0.2, 0.25) is 15.9 Å². The molecule has 0 aromatic rings. The summed E-state index contributed by atoms with van der Waals surface area (Å²) in [4.78, 5) is 12.3. The number of nitrogens with zero attached hydrogens (tertiary/aromatic N) is 3. The Morgan fingerprint density at radius 1 is 1.00 bits per heavy atom. The Morgan fingerprint density at radius 2 is 1.68 bits per heavy atom. The number of carbonyl (C=O) groups excluding carboxylic acids is 1. The quantitative estimate of drug-likeness (QED) is 0.608. The normalized spacial score (nSPS) is 28.0. The number of carbonyl (C=O) groups is 1. The summed E-state index contributed by atoms with van der Waals surface area (Å²) in [6, 6.07) is 0. The smallest absolute Gasteiger partial charge is 0.222 e. The summed E-state index contributed by atoms with van der Waals surface area (Å²) in [7, 11) is 1.92. The molecule has 0 saturated carbocycles. The SMILES string of the molecule is CN1CCCC1=O.CN1CCCS1(=O)=O.CN1CCCS1=O. The molecule has 0 N–H and O–H groups in total. The summed E-state index contributed by atoms with van der Waals surface area (Å²) in [5.41, 5.74) is 0. The highest BCUT2D eigenvalue weighted by atomic mass is 32.2. The first kappa shape index (κ1) is 19.5. The van der Waals surface area contributed by atoms with Gasteiger partial charge in [-0.25, -0.2) is 21.2 Å². The van der Waals surface area contributed by atoms with E-state index in [0.717, 1.165) is 44.5 Å². The van der Waals surface area contributed by atoms with Crippen LogP contribution in [-0.4, -0.2) is 84.3 Å². The third-order valence-corrected chi connectivity index (χ3v) is 7.25. The van der Waals surface area contributed by atoms with E-state index in [-0.39, 0.29) is 0 Å². The summed E-state index contributed by atoms with van der Waals surface area (Å²) in [6.07, 6.45) is 3.70. The van der Waals surface area contributed by atoms with E-state index in [1.807, 2.05) is 18.4 Å². The summed E-state index contributed by atoms with van der Waals surface area (Å²) in [5, 5.41) is 0. The van der Waals surface area contributed by atoms with Gasteiger partial charge in [0.25, 0.3) is 0 Å². The molecule has 0 aromatic carbocycles. The number of amides is 1. The zero-order valence-electron chi connectivity index (χ0n) is 13.7. The topological polar surface area (TPSA) is 78.0 Å². The molecular formula is C13H27N3O4S2. The first-order valence-electron chi connectivity index (χ1n) is 7.51. The van der Waals surface area contributed by atoms with Crippen molar-refractivity contribution in [3.05, 3.63) is 0 Å². The lowest BCUT2D eigenvalue weighted by Gasteiger charge is -2.03. The lowest BCUT2D eigenvalue weighted by atomic mass is 10.4. The number of likely N-dealkylation sites (tertiary alicyclic amines) is 1. The fourth-order valence-corrected chi connectivity index (χ4v) is 4.45. The molecule has 3 saturated heterocycles. The van der Waals surface area contributed by atoms with E-state index < -0.39 is 21.0 Å². The summed E-state index contributed by atoms with van der Waals surface area (Å²) >= 11 is 0. The molecule has 0 spiro atoms. The minimum atomic E-state index is -2.79. The Balaban J connectivity index is 0.000000166. The molecule has 130 valence electrons. The minimum absolute atomic E-state index is 0.292. The van der Waals surface area contributed by atoms with Crippen LogP contribution >= 0.6 is 0 Å². The molecule has 1 amide bonds. The maximum absolute atomic E-state index is 10.7. The van der Waals surface area contributed by atoms with Crippen molar-refractivity contribution >= 4 is 26.9 Å². The highest BCUT2D eigenvalue weighted by molar-refractivity contribution is 7.89. The van der Waals surface area contributed by atoms with Gasteiger partial charge in [-0.1, -0.05) is 0 Å². The van der Waals surface area contributed by atoms with Crippen LogP contribution in [0.15, 0.2) is 0 Å². The molecule has 3 aliphatic rings. The second kappa shape index (κ2) is 8.95. The van der Waals surface area contributed by atoms with Crippen LogP contribution in [0.3, 0.4) is 0 Å². The monoisotopic (exact) mass is 353 g/mol. The Hall–Kier alpha value is -0.510. The second-order valence-corrected chi connectivity index (χ2v) is 9.51. The molecule has 22 heavy (non-hydrogen) atoms. The number of hydrogen-bond donors (Lipinski definition) is 0. The molecule has 3 heterocycles. The summed E-state index contributed by atoms with van der Waals surface area (Å²) in [5.74, 6) is 1.50. The highest BCUT2D eigenvalue weighted by Gasteiger charge is 2.23. The van der Waals surface area contributed by atoms with Crippen molar-refractivity contribution in [1.82, 2.24) is 13.5 Å². The average molecular weight is 354 g/mol. The average Bonchev–Trinajstić information content (AvgIpc) is 3.09. The molecule has 1 atom stereocenters. The van der Waals surface area contributed by atoms with Crippen LogP contribution in [0.1, 0.15) is 25.7 Å². The molecule has 3 rings (SSSR count). The van der Waals surface area contributed by atoms with Crippen molar-refractivity contribution in [3.63, 3.8) is 0 Å². The van der Waals surface area contributed by atoms with Gasteiger partial charge in [-0.3, -0.25) is 4.79 Å². The van der Waals surface area contributed by atoms with E-state index >= 15 is 0 Å². The van der Waals surface area contributed by atoms with Gasteiger partial charge in [0.05, 0.1) is 16.7 Å². The van der Waals surface area contributed by atoms with E-state index in [2.05, 4.69) is 0 Å². The van der Waals surface area contributed by atoms with Crippen LogP contribution < -0.4 is 0 Å². The van der Waals surface area contributed by atoms with E-state index in [0.29, 0.717) is 18.2 Å². The van der Waals surface area contributed by atoms with Crippen LogP contribution in [0.25, 0.3) is 0 Å². The number of sulfonamides is 1. The van der Waals surface area contributed by atoms with Crippen LogP contribution in [0.2, 0.25) is 0 Å². The van der Waals surface area contributed by atoms with Crippen molar-refractivity contribution in [2.45, 2.75) is 25.7 Å². The van der Waals surface area contributed by atoms with Gasteiger partial charge in [0.15, 0.2) is 0 Å². The van der Waals surface area contributed by atoms with Crippen LogP contribution in [0.4, 0.5) is 0 Å². The molecule has 0 radical (unpaired) electrons. The van der Waals surface area contributed by atoms with Gasteiger partial charge in [-0.2, -0.15) is 0 Å². The van der Waals surface area contributed by atoms with Gasteiger partial charge < -0.3 is 4.90 Å². The zero-order valence-corrected chi connectivity index (χ0v) is 15.3. The highest BCUT2D eigenvalue weighted by Crippen LogP contribution is 2.08. The van der Waals surface area contributed by atoms with E-state index in [4.69, 9.17) is 0 Å². The van der Waals surface area contributed by atoms with Crippen LogP contribution in [-0.2, 0) is 25.8 Å². The van der Waals surface area contributed by atoms with Crippen molar-refractivity contribution in [2.24, 2.45) is 0 Å². The first-order chi connectivity index (χ1) is 10.2. The third kappa shape index (κ3) is 6.31.